The van der Waals surface area contributed by atoms with Crippen LogP contribution >= 0.6 is 0 Å². The van der Waals surface area contributed by atoms with Gasteiger partial charge in [-0.25, -0.2) is 0 Å². The molecule has 0 radical (unpaired) electrons. The first kappa shape index (κ1) is 12.9. The zero-order valence-electron chi connectivity index (χ0n) is 11.0. The molecule has 0 aliphatic carbocycles. The predicted molar refractivity (Wildman–Crippen MR) is 78.4 cm³/mol. The van der Waals surface area contributed by atoms with Gasteiger partial charge in [0.2, 0.25) is 0 Å². The largest absolute Gasteiger partial charge is 0.482 e. The van der Waals surface area contributed by atoms with E-state index in [0.29, 0.717) is 17.0 Å². The minimum absolute atomic E-state index is 0.0529. The second-order valence-corrected chi connectivity index (χ2v) is 4.51. The molecule has 0 saturated carbocycles. The van der Waals surface area contributed by atoms with Crippen molar-refractivity contribution in [2.75, 3.05) is 11.9 Å². The van der Waals surface area contributed by atoms with Gasteiger partial charge in [0.05, 0.1) is 16.9 Å². The van der Waals surface area contributed by atoms with E-state index in [0.717, 1.165) is 11.3 Å². The Morgan fingerprint density at radius 2 is 2.19 bits per heavy atom. The Labute approximate surface area is 121 Å². The number of hydrogen-bond donors (Lipinski definition) is 1. The summed E-state index contributed by atoms with van der Waals surface area (Å²) in [5.74, 6) is 0.514. The van der Waals surface area contributed by atoms with Gasteiger partial charge in [0.25, 0.3) is 5.91 Å². The highest BCUT2D eigenvalue weighted by atomic mass is 16.5. The number of aromatic nitrogens is 1. The fourth-order valence-electron chi connectivity index (χ4n) is 1.96. The quantitative estimate of drug-likeness (QED) is 0.914. The molecule has 0 saturated heterocycles. The van der Waals surface area contributed by atoms with Crippen LogP contribution in [0.1, 0.15) is 16.8 Å². The second kappa shape index (κ2) is 5.47. The van der Waals surface area contributed by atoms with Crippen LogP contribution in [0.15, 0.2) is 36.5 Å². The number of ether oxygens (including phenoxy) is 1. The minimum Gasteiger partial charge on any atom is -0.482 e. The van der Waals surface area contributed by atoms with Gasteiger partial charge in [0, 0.05) is 6.20 Å². The standard InChI is InChI=1S/C16H11N3O2/c17-8-12-2-5-13(18-9-12)4-1-11-3-6-15-14(7-11)19-16(20)10-21-15/h1-7,9H,10H2,(H,19,20). The first-order chi connectivity index (χ1) is 10.2. The van der Waals surface area contributed by atoms with E-state index in [9.17, 15) is 4.79 Å². The van der Waals surface area contributed by atoms with Crippen LogP contribution in [0.2, 0.25) is 0 Å². The molecule has 21 heavy (non-hydrogen) atoms. The van der Waals surface area contributed by atoms with Gasteiger partial charge in [0.15, 0.2) is 6.61 Å². The van der Waals surface area contributed by atoms with Crippen molar-refractivity contribution < 1.29 is 9.53 Å². The molecule has 0 unspecified atom stereocenters. The third-order valence-electron chi connectivity index (χ3n) is 3.00. The lowest BCUT2D eigenvalue weighted by molar-refractivity contribution is -0.118. The highest BCUT2D eigenvalue weighted by Crippen LogP contribution is 2.28. The molecule has 0 fully saturated rings. The zero-order chi connectivity index (χ0) is 14.7. The number of benzene rings is 1. The number of hydrogen-bond acceptors (Lipinski definition) is 4. The molecule has 0 bridgehead atoms. The highest BCUT2D eigenvalue weighted by molar-refractivity contribution is 5.95. The lowest BCUT2D eigenvalue weighted by atomic mass is 10.1. The molecule has 1 aliphatic rings. The molecule has 1 aromatic carbocycles. The number of nitrogens with zero attached hydrogens (tertiary/aromatic N) is 2. The molecule has 1 aromatic heterocycles. The first-order valence-electron chi connectivity index (χ1n) is 6.35. The fourth-order valence-corrected chi connectivity index (χ4v) is 1.96. The summed E-state index contributed by atoms with van der Waals surface area (Å²) in [5, 5.41) is 11.5. The smallest absolute Gasteiger partial charge is 0.262 e. The Balaban J connectivity index is 1.81. The van der Waals surface area contributed by atoms with Crippen LogP contribution in [-0.4, -0.2) is 17.5 Å². The SMILES string of the molecule is N#Cc1ccc(C=Cc2ccc3c(c2)NC(=O)CO3)nc1. The van der Waals surface area contributed by atoms with Crippen molar-refractivity contribution in [3.63, 3.8) is 0 Å². The Morgan fingerprint density at radius 1 is 1.29 bits per heavy atom. The summed E-state index contributed by atoms with van der Waals surface area (Å²) < 4.78 is 5.30. The number of carbonyl (C=O) groups is 1. The second-order valence-electron chi connectivity index (χ2n) is 4.51. The van der Waals surface area contributed by atoms with Crippen LogP contribution in [0.4, 0.5) is 5.69 Å². The molecule has 1 aliphatic heterocycles. The van der Waals surface area contributed by atoms with Crippen molar-refractivity contribution in [3.8, 4) is 11.8 Å². The van der Waals surface area contributed by atoms with Crippen LogP contribution in [0.25, 0.3) is 12.2 Å². The van der Waals surface area contributed by atoms with Crippen LogP contribution in [0.3, 0.4) is 0 Å². The predicted octanol–water partition coefficient (Wildman–Crippen LogP) is 2.45. The van der Waals surface area contributed by atoms with Gasteiger partial charge in [-0.15, -0.1) is 0 Å². The summed E-state index contributed by atoms with van der Waals surface area (Å²) >= 11 is 0. The number of nitriles is 1. The molecule has 0 spiro atoms. The van der Waals surface area contributed by atoms with E-state index < -0.39 is 0 Å². The number of rotatable bonds is 2. The normalized spacial score (nSPS) is 13.2. The maximum atomic E-state index is 11.3. The number of pyridine rings is 1. The molecule has 1 amide bonds. The van der Waals surface area contributed by atoms with Gasteiger partial charge in [0.1, 0.15) is 11.8 Å². The topological polar surface area (TPSA) is 75.0 Å². The third kappa shape index (κ3) is 2.90. The third-order valence-corrected chi connectivity index (χ3v) is 3.00. The number of fused-ring (bicyclic) bond motifs is 1. The van der Waals surface area contributed by atoms with Crippen molar-refractivity contribution in [2.24, 2.45) is 0 Å². The van der Waals surface area contributed by atoms with E-state index in [2.05, 4.69) is 10.3 Å². The maximum absolute atomic E-state index is 11.3. The van der Waals surface area contributed by atoms with Crippen molar-refractivity contribution in [1.82, 2.24) is 4.98 Å². The summed E-state index contributed by atoms with van der Waals surface area (Å²) in [6, 6.07) is 11.1. The van der Waals surface area contributed by atoms with Crippen LogP contribution < -0.4 is 10.1 Å². The van der Waals surface area contributed by atoms with Gasteiger partial charge in [-0.1, -0.05) is 12.1 Å². The van der Waals surface area contributed by atoms with E-state index in [1.165, 1.54) is 6.20 Å². The Bertz CT molecular complexity index is 758. The average Bonchev–Trinajstić information content (AvgIpc) is 2.53. The van der Waals surface area contributed by atoms with Crippen LogP contribution in [0, 0.1) is 11.3 Å². The summed E-state index contributed by atoms with van der Waals surface area (Å²) in [7, 11) is 0. The molecule has 2 aromatic rings. The summed E-state index contributed by atoms with van der Waals surface area (Å²) in [4.78, 5) is 15.4. The van der Waals surface area contributed by atoms with Crippen LogP contribution in [0.5, 0.6) is 5.75 Å². The lowest BCUT2D eigenvalue weighted by Gasteiger charge is -2.17. The molecular formula is C16H11N3O2. The van der Waals surface area contributed by atoms with E-state index in [-0.39, 0.29) is 12.5 Å². The molecule has 102 valence electrons. The minimum atomic E-state index is -0.155. The Hall–Kier alpha value is -3.13. The van der Waals surface area contributed by atoms with Crippen molar-refractivity contribution >= 4 is 23.7 Å². The van der Waals surface area contributed by atoms with Crippen molar-refractivity contribution in [3.05, 3.63) is 53.3 Å². The molecule has 2 heterocycles. The Kier molecular flexibility index (Phi) is 3.36. The van der Waals surface area contributed by atoms with Crippen molar-refractivity contribution in [2.45, 2.75) is 0 Å². The monoisotopic (exact) mass is 277 g/mol. The Morgan fingerprint density at radius 3 is 2.95 bits per heavy atom. The van der Waals surface area contributed by atoms with Gasteiger partial charge in [-0.2, -0.15) is 5.26 Å². The average molecular weight is 277 g/mol. The van der Waals surface area contributed by atoms with Gasteiger partial charge in [-0.05, 0) is 35.9 Å². The highest BCUT2D eigenvalue weighted by Gasteiger charge is 2.15. The molecular weight excluding hydrogens is 266 g/mol. The summed E-state index contributed by atoms with van der Waals surface area (Å²) in [5.41, 5.74) is 2.87. The summed E-state index contributed by atoms with van der Waals surface area (Å²) in [6.45, 7) is 0.0529. The van der Waals surface area contributed by atoms with Gasteiger partial charge >= 0.3 is 0 Å². The first-order valence-corrected chi connectivity index (χ1v) is 6.35. The molecule has 5 nitrogen and oxygen atoms in total. The molecule has 0 atom stereocenters. The number of anilines is 1. The molecule has 1 N–H and O–H groups in total. The molecule has 5 heteroatoms. The number of carbonyl (C=O) groups excluding carboxylic acids is 1. The van der Waals surface area contributed by atoms with E-state index in [1.54, 1.807) is 12.1 Å². The van der Waals surface area contributed by atoms with Crippen LogP contribution in [-0.2, 0) is 4.79 Å². The van der Waals surface area contributed by atoms with E-state index >= 15 is 0 Å². The maximum Gasteiger partial charge on any atom is 0.262 e. The lowest BCUT2D eigenvalue weighted by Crippen LogP contribution is -2.25. The van der Waals surface area contributed by atoms with Gasteiger partial charge < -0.3 is 10.1 Å². The summed E-state index contributed by atoms with van der Waals surface area (Å²) in [6.07, 6.45) is 5.25. The molecule has 3 rings (SSSR count). The number of amides is 1. The van der Waals surface area contributed by atoms with Crippen molar-refractivity contribution in [1.29, 1.82) is 5.26 Å². The zero-order valence-corrected chi connectivity index (χ0v) is 11.0. The van der Waals surface area contributed by atoms with E-state index in [1.807, 2.05) is 36.4 Å². The van der Waals surface area contributed by atoms with E-state index in [4.69, 9.17) is 10.00 Å². The van der Waals surface area contributed by atoms with Gasteiger partial charge in [-0.3, -0.25) is 9.78 Å². The number of nitrogens with one attached hydrogen (secondary N) is 1. The fraction of sp³-hybridized carbons (Fsp3) is 0.0625.